The van der Waals surface area contributed by atoms with Crippen LogP contribution in [-0.2, 0) is 9.53 Å². The van der Waals surface area contributed by atoms with Crippen molar-refractivity contribution in [2.45, 2.75) is 19.3 Å². The number of thiophene rings is 1. The Morgan fingerprint density at radius 1 is 1.33 bits per heavy atom. The highest BCUT2D eigenvalue weighted by Crippen LogP contribution is 2.36. The number of para-hydroxylation sites is 1. The summed E-state index contributed by atoms with van der Waals surface area (Å²) in [5.74, 6) is -1.04. The average Bonchev–Trinajstić information content (AvgIpc) is 3.08. The Labute approximate surface area is 142 Å². The lowest BCUT2D eigenvalue weighted by Gasteiger charge is -2.17. The van der Waals surface area contributed by atoms with Crippen molar-refractivity contribution in [3.05, 3.63) is 62.6 Å². The number of aromatic hydroxyl groups is 1. The summed E-state index contributed by atoms with van der Waals surface area (Å²) in [6.45, 7) is 2.01. The maximum atomic E-state index is 12.6. The predicted octanol–water partition coefficient (Wildman–Crippen LogP) is 3.38. The van der Waals surface area contributed by atoms with Crippen molar-refractivity contribution in [1.82, 2.24) is 4.98 Å². The third kappa shape index (κ3) is 3.05. The number of H-pyrrole nitrogens is 1. The van der Waals surface area contributed by atoms with Crippen LogP contribution in [0.2, 0.25) is 0 Å². The Morgan fingerprint density at radius 2 is 2.12 bits per heavy atom. The highest BCUT2D eigenvalue weighted by Gasteiger charge is 2.26. The molecule has 2 aromatic heterocycles. The number of hydrogen-bond donors (Lipinski definition) is 2. The van der Waals surface area contributed by atoms with Crippen LogP contribution in [0.4, 0.5) is 0 Å². The van der Waals surface area contributed by atoms with Gasteiger partial charge in [0.2, 0.25) is 0 Å². The van der Waals surface area contributed by atoms with Crippen LogP contribution in [0.5, 0.6) is 5.75 Å². The van der Waals surface area contributed by atoms with Crippen LogP contribution in [0, 0.1) is 0 Å². The molecule has 0 fully saturated rings. The molecule has 0 radical (unpaired) electrons. The van der Waals surface area contributed by atoms with Gasteiger partial charge in [-0.1, -0.05) is 12.1 Å². The van der Waals surface area contributed by atoms with Gasteiger partial charge in [-0.25, -0.2) is 0 Å². The molecule has 3 rings (SSSR count). The molecule has 0 aliphatic rings. The quantitative estimate of drug-likeness (QED) is 0.696. The van der Waals surface area contributed by atoms with E-state index in [-0.39, 0.29) is 24.3 Å². The highest BCUT2D eigenvalue weighted by atomic mass is 32.1. The average molecular weight is 343 g/mol. The third-order valence-corrected chi connectivity index (χ3v) is 4.60. The molecule has 2 N–H and O–H groups in total. The van der Waals surface area contributed by atoms with Gasteiger partial charge in [0.1, 0.15) is 5.75 Å². The van der Waals surface area contributed by atoms with E-state index in [0.29, 0.717) is 10.9 Å². The topological polar surface area (TPSA) is 79.4 Å². The standard InChI is InChI=1S/C18H17NO4S/c1-2-23-15(20)9-13(11-7-8-24-10-11)16-17(21)12-5-3-4-6-14(12)19-18(16)22/h3-8,10,13H,2,9H2,1H3,(H2,19,21,22). The normalized spacial score (nSPS) is 12.2. The summed E-state index contributed by atoms with van der Waals surface area (Å²) in [5.41, 5.74) is 1.17. The molecule has 0 aliphatic heterocycles. The smallest absolute Gasteiger partial charge is 0.306 e. The molecule has 0 spiro atoms. The van der Waals surface area contributed by atoms with E-state index in [1.165, 1.54) is 11.3 Å². The monoisotopic (exact) mass is 343 g/mol. The van der Waals surface area contributed by atoms with Gasteiger partial charge in [-0.15, -0.1) is 0 Å². The largest absolute Gasteiger partial charge is 0.507 e. The number of benzene rings is 1. The zero-order valence-electron chi connectivity index (χ0n) is 13.1. The Balaban J connectivity index is 2.16. The van der Waals surface area contributed by atoms with Crippen LogP contribution in [-0.4, -0.2) is 22.7 Å². The van der Waals surface area contributed by atoms with E-state index >= 15 is 0 Å². The minimum Gasteiger partial charge on any atom is -0.507 e. The van der Waals surface area contributed by atoms with E-state index in [0.717, 1.165) is 5.56 Å². The second-order valence-electron chi connectivity index (χ2n) is 5.38. The first-order valence-corrected chi connectivity index (χ1v) is 8.57. The fourth-order valence-corrected chi connectivity index (χ4v) is 3.52. The zero-order valence-corrected chi connectivity index (χ0v) is 13.9. The van der Waals surface area contributed by atoms with Gasteiger partial charge in [0.15, 0.2) is 0 Å². The number of ether oxygens (including phenoxy) is 1. The Bertz CT molecular complexity index is 914. The van der Waals surface area contributed by atoms with Gasteiger partial charge in [0.25, 0.3) is 5.56 Å². The summed E-state index contributed by atoms with van der Waals surface area (Å²) in [4.78, 5) is 27.3. The lowest BCUT2D eigenvalue weighted by molar-refractivity contribution is -0.143. The van der Waals surface area contributed by atoms with E-state index < -0.39 is 17.4 Å². The Kier molecular flexibility index (Phi) is 4.66. The molecule has 24 heavy (non-hydrogen) atoms. The summed E-state index contributed by atoms with van der Waals surface area (Å²) < 4.78 is 5.03. The minimum absolute atomic E-state index is 0.000443. The lowest BCUT2D eigenvalue weighted by Crippen LogP contribution is -2.20. The number of aromatic amines is 1. The summed E-state index contributed by atoms with van der Waals surface area (Å²) in [5, 5.41) is 15.0. The number of rotatable bonds is 5. The summed E-state index contributed by atoms with van der Waals surface area (Å²) in [7, 11) is 0. The number of pyridine rings is 1. The molecule has 0 amide bonds. The molecule has 2 heterocycles. The number of hydrogen-bond acceptors (Lipinski definition) is 5. The minimum atomic E-state index is -0.552. The molecule has 6 heteroatoms. The Hall–Kier alpha value is -2.60. The Morgan fingerprint density at radius 3 is 2.83 bits per heavy atom. The van der Waals surface area contributed by atoms with Crippen LogP contribution >= 0.6 is 11.3 Å². The molecule has 1 unspecified atom stereocenters. The molecule has 0 saturated carbocycles. The number of nitrogens with one attached hydrogen (secondary N) is 1. The summed E-state index contributed by atoms with van der Waals surface area (Å²) in [6, 6.07) is 8.88. The van der Waals surface area contributed by atoms with E-state index in [1.54, 1.807) is 31.2 Å². The molecular formula is C18H17NO4S. The summed E-state index contributed by atoms with van der Waals surface area (Å²) in [6.07, 6.45) is -0.000443. The maximum Gasteiger partial charge on any atom is 0.306 e. The van der Waals surface area contributed by atoms with Gasteiger partial charge < -0.3 is 14.8 Å². The molecule has 0 aliphatic carbocycles. The highest BCUT2D eigenvalue weighted by molar-refractivity contribution is 7.08. The van der Waals surface area contributed by atoms with E-state index in [4.69, 9.17) is 4.74 Å². The van der Waals surface area contributed by atoms with Gasteiger partial charge in [-0.05, 0) is 41.4 Å². The van der Waals surface area contributed by atoms with E-state index in [2.05, 4.69) is 4.98 Å². The fraction of sp³-hybridized carbons (Fsp3) is 0.222. The van der Waals surface area contributed by atoms with Crippen molar-refractivity contribution in [2.75, 3.05) is 6.61 Å². The second-order valence-corrected chi connectivity index (χ2v) is 6.16. The van der Waals surface area contributed by atoms with Crippen LogP contribution in [0.15, 0.2) is 45.9 Å². The number of carbonyl (C=O) groups is 1. The second kappa shape index (κ2) is 6.88. The SMILES string of the molecule is CCOC(=O)CC(c1ccsc1)c1c(O)c2ccccc2[nH]c1=O. The number of aromatic nitrogens is 1. The first-order chi connectivity index (χ1) is 11.6. The molecule has 0 bridgehead atoms. The van der Waals surface area contributed by atoms with Gasteiger partial charge in [0, 0.05) is 11.3 Å². The van der Waals surface area contributed by atoms with Crippen molar-refractivity contribution < 1.29 is 14.6 Å². The molecule has 5 nitrogen and oxygen atoms in total. The molecular weight excluding hydrogens is 326 g/mol. The molecule has 0 saturated heterocycles. The maximum absolute atomic E-state index is 12.6. The number of fused-ring (bicyclic) bond motifs is 1. The van der Waals surface area contributed by atoms with Crippen molar-refractivity contribution in [3.8, 4) is 5.75 Å². The van der Waals surface area contributed by atoms with Crippen LogP contribution in [0.3, 0.4) is 0 Å². The van der Waals surface area contributed by atoms with E-state index in [1.807, 2.05) is 16.8 Å². The third-order valence-electron chi connectivity index (χ3n) is 3.90. The molecule has 124 valence electrons. The van der Waals surface area contributed by atoms with Crippen molar-refractivity contribution in [2.24, 2.45) is 0 Å². The first kappa shape index (κ1) is 16.3. The number of esters is 1. The predicted molar refractivity (Wildman–Crippen MR) is 93.6 cm³/mol. The van der Waals surface area contributed by atoms with Gasteiger partial charge in [0.05, 0.1) is 24.1 Å². The molecule has 1 atom stereocenters. The molecule has 1 aromatic carbocycles. The lowest BCUT2D eigenvalue weighted by atomic mass is 9.89. The van der Waals surface area contributed by atoms with Crippen molar-refractivity contribution in [3.63, 3.8) is 0 Å². The summed E-state index contributed by atoms with van der Waals surface area (Å²) >= 11 is 1.47. The fourth-order valence-electron chi connectivity index (χ4n) is 2.81. The molecule has 3 aromatic rings. The number of carbonyl (C=O) groups excluding carboxylic acids is 1. The van der Waals surface area contributed by atoms with Crippen LogP contribution in [0.25, 0.3) is 10.9 Å². The van der Waals surface area contributed by atoms with Crippen LogP contribution in [0.1, 0.15) is 30.4 Å². The van der Waals surface area contributed by atoms with Gasteiger partial charge in [-0.3, -0.25) is 9.59 Å². The van der Waals surface area contributed by atoms with Gasteiger partial charge >= 0.3 is 5.97 Å². The van der Waals surface area contributed by atoms with Crippen molar-refractivity contribution in [1.29, 1.82) is 0 Å². The zero-order chi connectivity index (χ0) is 17.1. The first-order valence-electron chi connectivity index (χ1n) is 7.63. The van der Waals surface area contributed by atoms with Crippen LogP contribution < -0.4 is 5.56 Å². The van der Waals surface area contributed by atoms with Crippen molar-refractivity contribution >= 4 is 28.2 Å². The van der Waals surface area contributed by atoms with E-state index in [9.17, 15) is 14.7 Å². The van der Waals surface area contributed by atoms with Gasteiger partial charge in [-0.2, -0.15) is 11.3 Å².